The zero-order valence-electron chi connectivity index (χ0n) is 13.6. The van der Waals surface area contributed by atoms with Gasteiger partial charge in [-0.1, -0.05) is 12.1 Å². The quantitative estimate of drug-likeness (QED) is 0.529. The number of anilines is 1. The summed E-state index contributed by atoms with van der Waals surface area (Å²) in [5.74, 6) is 1.11. The Morgan fingerprint density at radius 3 is 2.72 bits per heavy atom. The number of morpholine rings is 1. The predicted molar refractivity (Wildman–Crippen MR) is 91.4 cm³/mol. The van der Waals surface area contributed by atoms with Crippen molar-refractivity contribution in [3.8, 4) is 11.4 Å². The van der Waals surface area contributed by atoms with E-state index in [1.165, 1.54) is 6.07 Å². The molecule has 0 radical (unpaired) electrons. The number of fused-ring (bicyclic) bond motifs is 1. The third-order valence-electron chi connectivity index (χ3n) is 4.23. The Morgan fingerprint density at radius 1 is 1.20 bits per heavy atom. The number of nitro groups is 1. The van der Waals surface area contributed by atoms with Gasteiger partial charge in [0.2, 0.25) is 5.95 Å². The van der Waals surface area contributed by atoms with E-state index in [0.717, 1.165) is 13.1 Å². The smallest absolute Gasteiger partial charge is 0.280 e. The standard InChI is InChI=1S/C16H16N6O3/c1-20-14(11-4-2-3-5-13(11)22(23)24)18-12-10-17-16(19-15(12)20)21-6-8-25-9-7-21/h2-5,10H,6-9H2,1H3. The van der Waals surface area contributed by atoms with Crippen molar-refractivity contribution in [1.29, 1.82) is 0 Å². The lowest BCUT2D eigenvalue weighted by atomic mass is 10.1. The van der Waals surface area contributed by atoms with Crippen LogP contribution in [0.2, 0.25) is 0 Å². The molecule has 4 rings (SSSR count). The van der Waals surface area contributed by atoms with E-state index >= 15 is 0 Å². The molecule has 9 heteroatoms. The molecule has 1 saturated heterocycles. The maximum absolute atomic E-state index is 11.3. The number of aromatic nitrogens is 4. The van der Waals surface area contributed by atoms with Crippen molar-refractivity contribution in [2.75, 3.05) is 31.2 Å². The van der Waals surface area contributed by atoms with Crippen molar-refractivity contribution in [3.63, 3.8) is 0 Å². The number of rotatable bonds is 3. The first-order valence-electron chi connectivity index (χ1n) is 7.91. The zero-order valence-corrected chi connectivity index (χ0v) is 13.6. The summed E-state index contributed by atoms with van der Waals surface area (Å²) in [7, 11) is 1.80. The molecule has 0 aliphatic carbocycles. The second-order valence-corrected chi connectivity index (χ2v) is 5.75. The SMILES string of the molecule is Cn1c(-c2ccccc2[N+](=O)[O-])nc2cnc(N3CCOCC3)nc21. The number of hydrogen-bond acceptors (Lipinski definition) is 7. The zero-order chi connectivity index (χ0) is 17.4. The Bertz CT molecular complexity index is 948. The van der Waals surface area contributed by atoms with E-state index in [1.807, 2.05) is 0 Å². The van der Waals surface area contributed by atoms with Crippen LogP contribution in [0, 0.1) is 10.1 Å². The summed E-state index contributed by atoms with van der Waals surface area (Å²) in [4.78, 5) is 26.5. The molecule has 0 amide bonds. The Labute approximate surface area is 143 Å². The maximum Gasteiger partial charge on any atom is 0.280 e. The van der Waals surface area contributed by atoms with Crippen molar-refractivity contribution in [3.05, 3.63) is 40.6 Å². The largest absolute Gasteiger partial charge is 0.378 e. The molecule has 1 aromatic carbocycles. The number of benzene rings is 1. The lowest BCUT2D eigenvalue weighted by Crippen LogP contribution is -2.37. The summed E-state index contributed by atoms with van der Waals surface area (Å²) >= 11 is 0. The van der Waals surface area contributed by atoms with Crippen LogP contribution in [0.25, 0.3) is 22.6 Å². The van der Waals surface area contributed by atoms with Crippen molar-refractivity contribution < 1.29 is 9.66 Å². The van der Waals surface area contributed by atoms with Crippen LogP contribution < -0.4 is 4.90 Å². The van der Waals surface area contributed by atoms with Crippen LogP contribution in [-0.4, -0.2) is 50.7 Å². The van der Waals surface area contributed by atoms with Crippen molar-refractivity contribution in [2.45, 2.75) is 0 Å². The van der Waals surface area contributed by atoms with Crippen molar-refractivity contribution >= 4 is 22.8 Å². The first-order chi connectivity index (χ1) is 12.1. The topological polar surface area (TPSA) is 99.2 Å². The average Bonchev–Trinajstić information content (AvgIpc) is 2.98. The second kappa shape index (κ2) is 6.10. The van der Waals surface area contributed by atoms with Crippen molar-refractivity contribution in [1.82, 2.24) is 19.5 Å². The minimum Gasteiger partial charge on any atom is -0.378 e. The molecule has 9 nitrogen and oxygen atoms in total. The molecule has 0 saturated carbocycles. The molecule has 0 unspecified atom stereocenters. The fourth-order valence-corrected chi connectivity index (χ4v) is 2.95. The summed E-state index contributed by atoms with van der Waals surface area (Å²) in [5, 5.41) is 11.3. The van der Waals surface area contributed by atoms with E-state index in [-0.39, 0.29) is 5.69 Å². The predicted octanol–water partition coefficient (Wildman–Crippen LogP) is 1.78. The third-order valence-corrected chi connectivity index (χ3v) is 4.23. The Morgan fingerprint density at radius 2 is 1.96 bits per heavy atom. The molecule has 1 aliphatic heterocycles. The molecule has 3 aromatic rings. The molecule has 128 valence electrons. The molecule has 1 aliphatic rings. The fraction of sp³-hybridized carbons (Fsp3) is 0.312. The van der Waals surface area contributed by atoms with Gasteiger partial charge in [0.15, 0.2) is 5.65 Å². The molecule has 0 spiro atoms. The van der Waals surface area contributed by atoms with Gasteiger partial charge in [-0.2, -0.15) is 4.98 Å². The number of nitrogens with zero attached hydrogens (tertiary/aromatic N) is 6. The molecular formula is C16H16N6O3. The number of aryl methyl sites for hydroxylation is 1. The lowest BCUT2D eigenvalue weighted by Gasteiger charge is -2.26. The first-order valence-corrected chi connectivity index (χ1v) is 7.91. The van der Waals surface area contributed by atoms with Crippen LogP contribution in [0.1, 0.15) is 0 Å². The van der Waals surface area contributed by atoms with Crippen LogP contribution in [0.4, 0.5) is 11.6 Å². The number of para-hydroxylation sites is 1. The number of imidazole rings is 1. The van der Waals surface area contributed by atoms with E-state index in [4.69, 9.17) is 4.74 Å². The Balaban J connectivity index is 1.82. The van der Waals surface area contributed by atoms with E-state index < -0.39 is 4.92 Å². The van der Waals surface area contributed by atoms with Gasteiger partial charge in [0.05, 0.1) is 29.9 Å². The number of hydrogen-bond donors (Lipinski definition) is 0. The summed E-state index contributed by atoms with van der Waals surface area (Å²) in [6.07, 6.45) is 1.66. The molecule has 0 atom stereocenters. The van der Waals surface area contributed by atoms with Crippen LogP contribution in [0.15, 0.2) is 30.5 Å². The summed E-state index contributed by atoms with van der Waals surface area (Å²) in [5.41, 5.74) is 1.72. The van der Waals surface area contributed by atoms with Gasteiger partial charge >= 0.3 is 0 Å². The minimum absolute atomic E-state index is 0.0160. The normalized spacial score (nSPS) is 14.8. The fourth-order valence-electron chi connectivity index (χ4n) is 2.95. The average molecular weight is 340 g/mol. The number of ether oxygens (including phenoxy) is 1. The minimum atomic E-state index is -0.403. The molecule has 1 fully saturated rings. The lowest BCUT2D eigenvalue weighted by molar-refractivity contribution is -0.384. The van der Waals surface area contributed by atoms with Crippen LogP contribution in [0.5, 0.6) is 0 Å². The highest BCUT2D eigenvalue weighted by molar-refractivity contribution is 5.80. The van der Waals surface area contributed by atoms with Crippen LogP contribution in [0.3, 0.4) is 0 Å². The summed E-state index contributed by atoms with van der Waals surface area (Å²) in [6, 6.07) is 6.56. The van der Waals surface area contributed by atoms with Gasteiger partial charge in [0, 0.05) is 26.2 Å². The maximum atomic E-state index is 11.3. The summed E-state index contributed by atoms with van der Waals surface area (Å²) in [6.45, 7) is 2.77. The Hall–Kier alpha value is -3.07. The Kier molecular flexibility index (Phi) is 3.77. The van der Waals surface area contributed by atoms with Crippen molar-refractivity contribution in [2.24, 2.45) is 7.05 Å². The highest BCUT2D eigenvalue weighted by Crippen LogP contribution is 2.30. The first kappa shape index (κ1) is 15.5. The van der Waals surface area contributed by atoms with Gasteiger partial charge in [-0.25, -0.2) is 9.97 Å². The van der Waals surface area contributed by atoms with Gasteiger partial charge in [0.1, 0.15) is 11.3 Å². The molecule has 0 bridgehead atoms. The van der Waals surface area contributed by atoms with Gasteiger partial charge in [-0.05, 0) is 6.07 Å². The van der Waals surface area contributed by atoms with Gasteiger partial charge < -0.3 is 14.2 Å². The third kappa shape index (κ3) is 2.68. The number of nitro benzene ring substituents is 1. The summed E-state index contributed by atoms with van der Waals surface area (Å²) < 4.78 is 7.12. The van der Waals surface area contributed by atoms with E-state index in [2.05, 4.69) is 19.9 Å². The monoisotopic (exact) mass is 340 g/mol. The van der Waals surface area contributed by atoms with E-state index in [1.54, 1.807) is 36.0 Å². The molecule has 2 aromatic heterocycles. The molecule has 0 N–H and O–H groups in total. The van der Waals surface area contributed by atoms with E-state index in [9.17, 15) is 10.1 Å². The molecule has 25 heavy (non-hydrogen) atoms. The highest BCUT2D eigenvalue weighted by Gasteiger charge is 2.21. The highest BCUT2D eigenvalue weighted by atomic mass is 16.6. The molecule has 3 heterocycles. The van der Waals surface area contributed by atoms with Crippen LogP contribution in [-0.2, 0) is 11.8 Å². The second-order valence-electron chi connectivity index (χ2n) is 5.75. The van der Waals surface area contributed by atoms with Gasteiger partial charge in [0.25, 0.3) is 5.69 Å². The van der Waals surface area contributed by atoms with Gasteiger partial charge in [-0.3, -0.25) is 10.1 Å². The van der Waals surface area contributed by atoms with Gasteiger partial charge in [-0.15, -0.1) is 0 Å². The van der Waals surface area contributed by atoms with Crippen LogP contribution >= 0.6 is 0 Å². The van der Waals surface area contributed by atoms with E-state index in [0.29, 0.717) is 41.7 Å². The molecular weight excluding hydrogens is 324 g/mol.